The van der Waals surface area contributed by atoms with Crippen molar-refractivity contribution in [1.82, 2.24) is 0 Å². The standard InChI is InChI=1S/C12H13ClO4/c13-10-5-4-8(7-11(10)15)9(12(16)17)3-1-2-6-14/h4-7,9,15H,1-3H2,(H,16,17). The number of hydrogen-bond acceptors (Lipinski definition) is 3. The van der Waals surface area contributed by atoms with Crippen LogP contribution in [0, 0.1) is 0 Å². The molecule has 17 heavy (non-hydrogen) atoms. The molecule has 92 valence electrons. The largest absolute Gasteiger partial charge is 0.506 e. The summed E-state index contributed by atoms with van der Waals surface area (Å²) in [6, 6.07) is 4.38. The van der Waals surface area contributed by atoms with Crippen LogP contribution in [0.3, 0.4) is 0 Å². The molecule has 0 spiro atoms. The molecule has 4 nitrogen and oxygen atoms in total. The maximum atomic E-state index is 11.1. The maximum absolute atomic E-state index is 11.1. The van der Waals surface area contributed by atoms with E-state index in [9.17, 15) is 14.7 Å². The van der Waals surface area contributed by atoms with Gasteiger partial charge >= 0.3 is 5.97 Å². The fraction of sp³-hybridized carbons (Fsp3) is 0.333. The lowest BCUT2D eigenvalue weighted by Gasteiger charge is -2.12. The van der Waals surface area contributed by atoms with E-state index in [0.29, 0.717) is 24.8 Å². The summed E-state index contributed by atoms with van der Waals surface area (Å²) in [4.78, 5) is 21.3. The van der Waals surface area contributed by atoms with Crippen molar-refractivity contribution in [2.75, 3.05) is 0 Å². The smallest absolute Gasteiger partial charge is 0.310 e. The fourth-order valence-corrected chi connectivity index (χ4v) is 1.70. The number of phenols is 1. The third-order valence-electron chi connectivity index (χ3n) is 2.49. The summed E-state index contributed by atoms with van der Waals surface area (Å²) in [5, 5.41) is 18.7. The molecule has 0 bridgehead atoms. The molecule has 0 fully saturated rings. The summed E-state index contributed by atoms with van der Waals surface area (Å²) in [7, 11) is 0. The fourth-order valence-electron chi connectivity index (χ4n) is 1.58. The Morgan fingerprint density at radius 1 is 1.47 bits per heavy atom. The number of carboxylic acids is 1. The van der Waals surface area contributed by atoms with Crippen molar-refractivity contribution in [2.24, 2.45) is 0 Å². The van der Waals surface area contributed by atoms with E-state index in [1.54, 1.807) is 6.07 Å². The van der Waals surface area contributed by atoms with Crippen molar-refractivity contribution < 1.29 is 19.8 Å². The average Bonchev–Trinajstić information content (AvgIpc) is 2.28. The summed E-state index contributed by atoms with van der Waals surface area (Å²) in [5.74, 6) is -1.83. The molecule has 0 aromatic heterocycles. The van der Waals surface area contributed by atoms with E-state index in [-0.39, 0.29) is 10.8 Å². The van der Waals surface area contributed by atoms with Gasteiger partial charge in [-0.05, 0) is 30.5 Å². The van der Waals surface area contributed by atoms with Gasteiger partial charge in [0.05, 0.1) is 10.9 Å². The minimum Gasteiger partial charge on any atom is -0.506 e. The molecule has 0 saturated heterocycles. The van der Waals surface area contributed by atoms with E-state index >= 15 is 0 Å². The molecule has 1 rings (SSSR count). The third kappa shape index (κ3) is 3.75. The van der Waals surface area contributed by atoms with Crippen molar-refractivity contribution in [3.63, 3.8) is 0 Å². The number of aldehydes is 1. The second-order valence-electron chi connectivity index (χ2n) is 3.70. The number of unbranched alkanes of at least 4 members (excludes halogenated alkanes) is 1. The van der Waals surface area contributed by atoms with Crippen molar-refractivity contribution >= 4 is 23.9 Å². The van der Waals surface area contributed by atoms with Crippen LogP contribution < -0.4 is 0 Å². The first-order valence-corrected chi connectivity index (χ1v) is 5.59. The number of benzene rings is 1. The second kappa shape index (κ2) is 6.25. The van der Waals surface area contributed by atoms with E-state index in [1.165, 1.54) is 12.1 Å². The molecule has 0 aliphatic rings. The molecular weight excluding hydrogens is 244 g/mol. The summed E-state index contributed by atoms with van der Waals surface area (Å²) >= 11 is 5.65. The molecule has 0 amide bonds. The Hall–Kier alpha value is -1.55. The van der Waals surface area contributed by atoms with Gasteiger partial charge < -0.3 is 15.0 Å². The highest BCUT2D eigenvalue weighted by molar-refractivity contribution is 6.32. The zero-order valence-electron chi connectivity index (χ0n) is 9.10. The first-order chi connectivity index (χ1) is 8.06. The van der Waals surface area contributed by atoms with Crippen LogP contribution in [-0.4, -0.2) is 22.5 Å². The van der Waals surface area contributed by atoms with Crippen LogP contribution in [0.15, 0.2) is 18.2 Å². The van der Waals surface area contributed by atoms with Gasteiger partial charge in [-0.2, -0.15) is 0 Å². The molecule has 0 heterocycles. The van der Waals surface area contributed by atoms with Crippen molar-refractivity contribution in [3.8, 4) is 5.75 Å². The minimum atomic E-state index is -0.974. The van der Waals surface area contributed by atoms with Crippen LogP contribution in [0.4, 0.5) is 0 Å². The third-order valence-corrected chi connectivity index (χ3v) is 2.81. The Bertz CT molecular complexity index is 417. The predicted molar refractivity (Wildman–Crippen MR) is 63.4 cm³/mol. The van der Waals surface area contributed by atoms with Gasteiger partial charge in [0.25, 0.3) is 0 Å². The van der Waals surface area contributed by atoms with Gasteiger partial charge in [0.15, 0.2) is 0 Å². The lowest BCUT2D eigenvalue weighted by Crippen LogP contribution is -2.11. The quantitative estimate of drug-likeness (QED) is 0.606. The van der Waals surface area contributed by atoms with Gasteiger partial charge in [0.2, 0.25) is 0 Å². The van der Waals surface area contributed by atoms with Crippen LogP contribution in [0.5, 0.6) is 5.75 Å². The monoisotopic (exact) mass is 256 g/mol. The minimum absolute atomic E-state index is 0.134. The number of rotatable bonds is 6. The molecule has 2 N–H and O–H groups in total. The van der Waals surface area contributed by atoms with E-state index < -0.39 is 11.9 Å². The molecule has 5 heteroatoms. The highest BCUT2D eigenvalue weighted by Gasteiger charge is 2.20. The molecule has 1 aromatic rings. The van der Waals surface area contributed by atoms with Gasteiger partial charge in [0.1, 0.15) is 12.0 Å². The lowest BCUT2D eigenvalue weighted by atomic mass is 9.93. The summed E-state index contributed by atoms with van der Waals surface area (Å²) in [6.45, 7) is 0. The zero-order chi connectivity index (χ0) is 12.8. The van der Waals surface area contributed by atoms with Crippen LogP contribution in [-0.2, 0) is 9.59 Å². The Morgan fingerprint density at radius 3 is 2.71 bits per heavy atom. The maximum Gasteiger partial charge on any atom is 0.310 e. The van der Waals surface area contributed by atoms with Gasteiger partial charge in [-0.15, -0.1) is 0 Å². The van der Waals surface area contributed by atoms with Crippen LogP contribution in [0.25, 0.3) is 0 Å². The summed E-state index contributed by atoms with van der Waals surface area (Å²) < 4.78 is 0. The number of hydrogen-bond donors (Lipinski definition) is 2. The molecule has 0 aliphatic carbocycles. The highest BCUT2D eigenvalue weighted by atomic mass is 35.5. The normalized spacial score (nSPS) is 12.1. The van der Waals surface area contributed by atoms with E-state index in [2.05, 4.69) is 0 Å². The highest BCUT2D eigenvalue weighted by Crippen LogP contribution is 2.30. The average molecular weight is 257 g/mol. The number of carbonyl (C=O) groups excluding carboxylic acids is 1. The number of carbonyl (C=O) groups is 2. The van der Waals surface area contributed by atoms with Gasteiger partial charge in [-0.1, -0.05) is 17.7 Å². The van der Waals surface area contributed by atoms with Crippen LogP contribution >= 0.6 is 11.6 Å². The van der Waals surface area contributed by atoms with Crippen molar-refractivity contribution in [2.45, 2.75) is 25.2 Å². The predicted octanol–water partition coefficient (Wildman–Crippen LogP) is 2.58. The van der Waals surface area contributed by atoms with E-state index in [1.807, 2.05) is 0 Å². The Kier molecular flexibility index (Phi) is 4.97. The number of aliphatic carboxylic acids is 1. The molecule has 0 aliphatic heterocycles. The number of aromatic hydroxyl groups is 1. The Labute approximate surface area is 104 Å². The Morgan fingerprint density at radius 2 is 2.18 bits per heavy atom. The molecule has 1 unspecified atom stereocenters. The molecule has 1 aromatic carbocycles. The molecule has 0 radical (unpaired) electrons. The van der Waals surface area contributed by atoms with Crippen molar-refractivity contribution in [1.29, 1.82) is 0 Å². The van der Waals surface area contributed by atoms with Gasteiger partial charge in [-0.3, -0.25) is 4.79 Å². The van der Waals surface area contributed by atoms with E-state index in [0.717, 1.165) is 6.29 Å². The van der Waals surface area contributed by atoms with Gasteiger partial charge in [-0.25, -0.2) is 0 Å². The number of halogens is 1. The summed E-state index contributed by atoms with van der Waals surface area (Å²) in [6.07, 6.45) is 1.96. The number of phenolic OH excluding ortho intramolecular Hbond substituents is 1. The first-order valence-electron chi connectivity index (χ1n) is 5.21. The molecule has 1 atom stereocenters. The van der Waals surface area contributed by atoms with Crippen LogP contribution in [0.1, 0.15) is 30.7 Å². The number of carboxylic acid groups (broad SMARTS) is 1. The molecule has 0 saturated carbocycles. The molecular formula is C12H13ClO4. The van der Waals surface area contributed by atoms with Gasteiger partial charge in [0, 0.05) is 6.42 Å². The van der Waals surface area contributed by atoms with Crippen LogP contribution in [0.2, 0.25) is 5.02 Å². The summed E-state index contributed by atoms with van der Waals surface area (Å²) in [5.41, 5.74) is 0.491. The first kappa shape index (κ1) is 13.5. The zero-order valence-corrected chi connectivity index (χ0v) is 9.85. The SMILES string of the molecule is O=CCCCC(C(=O)O)c1ccc(Cl)c(O)c1. The Balaban J connectivity index is 2.85. The topological polar surface area (TPSA) is 74.6 Å². The lowest BCUT2D eigenvalue weighted by molar-refractivity contribution is -0.139. The van der Waals surface area contributed by atoms with Crippen molar-refractivity contribution in [3.05, 3.63) is 28.8 Å². The second-order valence-corrected chi connectivity index (χ2v) is 4.11. The van der Waals surface area contributed by atoms with E-state index in [4.69, 9.17) is 16.7 Å².